The Morgan fingerprint density at radius 2 is 1.79 bits per heavy atom. The van der Waals surface area contributed by atoms with Gasteiger partial charge in [0.15, 0.2) is 0 Å². The second-order valence-corrected chi connectivity index (χ2v) is 5.99. The van der Waals surface area contributed by atoms with Crippen LogP contribution in [-0.2, 0) is 4.79 Å². The number of carbonyl (C=O) groups is 1. The summed E-state index contributed by atoms with van der Waals surface area (Å²) in [6.07, 6.45) is 0. The third-order valence-corrected chi connectivity index (χ3v) is 4.66. The quantitative estimate of drug-likeness (QED) is 0.769. The number of rotatable bonds is 3. The Morgan fingerprint density at radius 1 is 1.29 bits per heavy atom. The minimum atomic E-state index is -0.822. The minimum absolute atomic E-state index is 0.0544. The smallest absolute Gasteiger partial charge is 0.313 e. The van der Waals surface area contributed by atoms with Crippen molar-refractivity contribution in [1.29, 1.82) is 0 Å². The lowest BCUT2D eigenvalue weighted by atomic mass is 10.4. The van der Waals surface area contributed by atoms with E-state index in [1.807, 2.05) is 12.1 Å². The van der Waals surface area contributed by atoms with E-state index in [9.17, 15) is 4.79 Å². The third kappa shape index (κ3) is 3.56. The van der Waals surface area contributed by atoms with Crippen LogP contribution in [-0.4, -0.2) is 16.8 Å². The van der Waals surface area contributed by atoms with Crippen LogP contribution >= 0.6 is 59.6 Å². The lowest BCUT2D eigenvalue weighted by Crippen LogP contribution is -1.97. The summed E-state index contributed by atoms with van der Waals surface area (Å²) in [6, 6.07) is 3.77. The number of hydrogen-bond acceptors (Lipinski definition) is 2. The largest absolute Gasteiger partial charge is 0.481 e. The molecule has 0 bridgehead atoms. The molecule has 0 amide bonds. The highest BCUT2D eigenvalue weighted by Crippen LogP contribution is 2.36. The molecule has 0 aromatic heterocycles. The Hall–Kier alpha value is 0.480. The predicted molar refractivity (Wildman–Crippen MR) is 67.9 cm³/mol. The first-order chi connectivity index (χ1) is 6.50. The van der Waals surface area contributed by atoms with Gasteiger partial charge in [-0.05, 0) is 44.0 Å². The number of thioether (sulfide) groups is 1. The molecule has 0 atom stereocenters. The summed E-state index contributed by atoms with van der Waals surface area (Å²) < 4.78 is 2.70. The highest BCUT2D eigenvalue weighted by Gasteiger charge is 2.09. The first-order valence-electron chi connectivity index (χ1n) is 3.50. The first kappa shape index (κ1) is 12.5. The van der Waals surface area contributed by atoms with Crippen molar-refractivity contribution < 1.29 is 9.90 Å². The van der Waals surface area contributed by atoms with E-state index in [-0.39, 0.29) is 5.75 Å². The first-order valence-corrected chi connectivity index (χ1v) is 6.86. The molecule has 1 aromatic carbocycles. The van der Waals surface area contributed by atoms with Gasteiger partial charge in [0.05, 0.1) is 5.75 Å². The van der Waals surface area contributed by atoms with Gasteiger partial charge in [-0.1, -0.05) is 15.9 Å². The molecule has 2 nitrogen and oxygen atoms in total. The zero-order valence-corrected chi connectivity index (χ0v) is 12.3. The van der Waals surface area contributed by atoms with Gasteiger partial charge in [-0.3, -0.25) is 4.79 Å². The fourth-order valence-electron chi connectivity index (χ4n) is 0.801. The molecular weight excluding hydrogens is 400 g/mol. The van der Waals surface area contributed by atoms with Crippen LogP contribution in [0.3, 0.4) is 0 Å². The average Bonchev–Trinajstić information content (AvgIpc) is 2.01. The molecule has 1 rings (SSSR count). The van der Waals surface area contributed by atoms with Gasteiger partial charge in [0, 0.05) is 18.3 Å². The zero-order chi connectivity index (χ0) is 10.7. The molecular formula is C8H5Br3O2S. The Balaban J connectivity index is 2.91. The summed E-state index contributed by atoms with van der Waals surface area (Å²) in [7, 11) is 0. The molecule has 0 saturated carbocycles. The molecule has 0 aliphatic carbocycles. The molecule has 0 radical (unpaired) electrons. The van der Waals surface area contributed by atoms with Gasteiger partial charge in [-0.15, -0.1) is 11.8 Å². The maximum Gasteiger partial charge on any atom is 0.313 e. The lowest BCUT2D eigenvalue weighted by Gasteiger charge is -2.05. The topological polar surface area (TPSA) is 37.3 Å². The summed E-state index contributed by atoms with van der Waals surface area (Å²) in [6.45, 7) is 0. The molecule has 1 aromatic rings. The Labute approximate surface area is 111 Å². The monoisotopic (exact) mass is 402 g/mol. The number of aliphatic carboxylic acids is 1. The van der Waals surface area contributed by atoms with Crippen molar-refractivity contribution >= 4 is 65.5 Å². The number of benzene rings is 1. The van der Waals surface area contributed by atoms with Crippen molar-refractivity contribution in [3.8, 4) is 0 Å². The molecule has 0 saturated heterocycles. The fourth-order valence-corrected chi connectivity index (χ4v) is 4.41. The number of halogens is 3. The maximum absolute atomic E-state index is 10.4. The van der Waals surface area contributed by atoms with Gasteiger partial charge in [-0.25, -0.2) is 0 Å². The SMILES string of the molecule is O=C(O)CSc1c(Br)cc(Br)cc1Br. The molecule has 0 aliphatic heterocycles. The van der Waals surface area contributed by atoms with E-state index in [1.165, 1.54) is 11.8 Å². The predicted octanol–water partition coefficient (Wildman–Crippen LogP) is 4.15. The highest BCUT2D eigenvalue weighted by atomic mass is 79.9. The van der Waals surface area contributed by atoms with E-state index < -0.39 is 5.97 Å². The van der Waals surface area contributed by atoms with E-state index in [1.54, 1.807) is 0 Å². The van der Waals surface area contributed by atoms with E-state index >= 15 is 0 Å². The van der Waals surface area contributed by atoms with Gasteiger partial charge in [0.2, 0.25) is 0 Å². The molecule has 0 unspecified atom stereocenters. The van der Waals surface area contributed by atoms with E-state index in [4.69, 9.17) is 5.11 Å². The van der Waals surface area contributed by atoms with E-state index in [0.29, 0.717) is 0 Å². The van der Waals surface area contributed by atoms with Crippen molar-refractivity contribution in [1.82, 2.24) is 0 Å². The molecule has 76 valence electrons. The Kier molecular flexibility index (Phi) is 4.96. The van der Waals surface area contributed by atoms with Crippen molar-refractivity contribution in [2.45, 2.75) is 4.90 Å². The van der Waals surface area contributed by atoms with Gasteiger partial charge >= 0.3 is 5.97 Å². The van der Waals surface area contributed by atoms with E-state index in [0.717, 1.165) is 18.3 Å². The second kappa shape index (κ2) is 5.53. The molecule has 0 heterocycles. The number of carboxylic acids is 1. The number of carboxylic acid groups (broad SMARTS) is 1. The van der Waals surface area contributed by atoms with Crippen LogP contribution in [0.4, 0.5) is 0 Å². The highest BCUT2D eigenvalue weighted by molar-refractivity contribution is 9.11. The molecule has 0 fully saturated rings. The summed E-state index contributed by atoms with van der Waals surface area (Å²) in [5.41, 5.74) is 0. The summed E-state index contributed by atoms with van der Waals surface area (Å²) >= 11 is 11.4. The van der Waals surface area contributed by atoms with Gasteiger partial charge in [0.25, 0.3) is 0 Å². The van der Waals surface area contributed by atoms with Gasteiger partial charge in [-0.2, -0.15) is 0 Å². The van der Waals surface area contributed by atoms with Crippen LogP contribution in [0.25, 0.3) is 0 Å². The summed E-state index contributed by atoms with van der Waals surface area (Å²) in [4.78, 5) is 11.3. The number of hydrogen-bond donors (Lipinski definition) is 1. The van der Waals surface area contributed by atoms with Gasteiger partial charge in [0.1, 0.15) is 0 Å². The minimum Gasteiger partial charge on any atom is -0.481 e. The van der Waals surface area contributed by atoms with Crippen LogP contribution in [0.1, 0.15) is 0 Å². The molecule has 6 heteroatoms. The van der Waals surface area contributed by atoms with Crippen LogP contribution in [0.15, 0.2) is 30.4 Å². The standard InChI is InChI=1S/C8H5Br3O2S/c9-4-1-5(10)8(6(11)2-4)14-3-7(12)13/h1-2H,3H2,(H,12,13). The zero-order valence-electron chi connectivity index (χ0n) is 6.76. The Morgan fingerprint density at radius 3 is 2.21 bits per heavy atom. The van der Waals surface area contributed by atoms with Crippen molar-refractivity contribution in [2.75, 3.05) is 5.75 Å². The molecule has 0 aliphatic rings. The summed E-state index contributed by atoms with van der Waals surface area (Å²) in [5, 5.41) is 8.55. The van der Waals surface area contributed by atoms with Crippen LogP contribution < -0.4 is 0 Å². The lowest BCUT2D eigenvalue weighted by molar-refractivity contribution is -0.133. The van der Waals surface area contributed by atoms with Gasteiger partial charge < -0.3 is 5.11 Å². The van der Waals surface area contributed by atoms with Crippen molar-refractivity contribution in [2.24, 2.45) is 0 Å². The fraction of sp³-hybridized carbons (Fsp3) is 0.125. The van der Waals surface area contributed by atoms with E-state index in [2.05, 4.69) is 47.8 Å². The average molecular weight is 405 g/mol. The van der Waals surface area contributed by atoms with Crippen molar-refractivity contribution in [3.63, 3.8) is 0 Å². The third-order valence-electron chi connectivity index (χ3n) is 1.30. The Bertz CT molecular complexity index is 345. The summed E-state index contributed by atoms with van der Waals surface area (Å²) in [5.74, 6) is -0.768. The molecule has 14 heavy (non-hydrogen) atoms. The van der Waals surface area contributed by atoms with Crippen LogP contribution in [0.2, 0.25) is 0 Å². The molecule has 0 spiro atoms. The van der Waals surface area contributed by atoms with Crippen molar-refractivity contribution in [3.05, 3.63) is 25.6 Å². The normalized spacial score (nSPS) is 10.2. The van der Waals surface area contributed by atoms with Crippen LogP contribution in [0, 0.1) is 0 Å². The maximum atomic E-state index is 10.4. The molecule has 1 N–H and O–H groups in total. The van der Waals surface area contributed by atoms with Crippen LogP contribution in [0.5, 0.6) is 0 Å². The second-order valence-electron chi connectivity index (χ2n) is 2.38.